The number of amides is 1. The number of rotatable bonds is 9. The smallest absolute Gasteiger partial charge is 0.257 e. The number of nitrogens with zero attached hydrogens (tertiary/aromatic N) is 1. The van der Waals surface area contributed by atoms with E-state index in [1.807, 2.05) is 13.0 Å². The predicted octanol–water partition coefficient (Wildman–Crippen LogP) is 0.333. The van der Waals surface area contributed by atoms with Crippen LogP contribution in [0.4, 0.5) is 0 Å². The van der Waals surface area contributed by atoms with Gasteiger partial charge in [-0.1, -0.05) is 0 Å². The van der Waals surface area contributed by atoms with Gasteiger partial charge in [0.25, 0.3) is 5.91 Å². The van der Waals surface area contributed by atoms with Gasteiger partial charge in [-0.05, 0) is 19.1 Å². The Hall–Kier alpha value is -1.66. The summed E-state index contributed by atoms with van der Waals surface area (Å²) in [6.07, 6.45) is 1.62. The maximum Gasteiger partial charge on any atom is 0.257 e. The van der Waals surface area contributed by atoms with Gasteiger partial charge in [0, 0.05) is 26.7 Å². The normalized spacial score (nSPS) is 10.2. The Morgan fingerprint density at radius 3 is 2.89 bits per heavy atom. The Morgan fingerprint density at radius 1 is 1.42 bits per heavy atom. The highest BCUT2D eigenvalue weighted by atomic mass is 16.5. The maximum absolute atomic E-state index is 11.2. The second kappa shape index (κ2) is 9.29. The fraction of sp³-hybridized carbons (Fsp3) is 0.538. The third-order valence-corrected chi connectivity index (χ3v) is 2.33. The molecule has 0 saturated heterocycles. The van der Waals surface area contributed by atoms with Crippen LogP contribution in [0.25, 0.3) is 0 Å². The molecule has 1 aromatic rings. The molecule has 1 rings (SSSR count). The van der Waals surface area contributed by atoms with Gasteiger partial charge in [-0.3, -0.25) is 9.78 Å². The van der Waals surface area contributed by atoms with Crippen LogP contribution in [0.3, 0.4) is 0 Å². The van der Waals surface area contributed by atoms with Crippen LogP contribution in [-0.4, -0.2) is 44.3 Å². The van der Waals surface area contributed by atoms with Gasteiger partial charge < -0.3 is 20.1 Å². The van der Waals surface area contributed by atoms with Crippen LogP contribution in [-0.2, 0) is 16.1 Å². The van der Waals surface area contributed by atoms with Crippen molar-refractivity contribution in [1.29, 1.82) is 0 Å². The third kappa shape index (κ3) is 6.73. The predicted molar refractivity (Wildman–Crippen MR) is 72.0 cm³/mol. The molecule has 0 saturated carbocycles. The van der Waals surface area contributed by atoms with Crippen molar-refractivity contribution < 1.29 is 14.3 Å². The zero-order chi connectivity index (χ0) is 13.9. The molecule has 0 fully saturated rings. The molecule has 0 bridgehead atoms. The second-order valence-corrected chi connectivity index (χ2v) is 3.90. The van der Waals surface area contributed by atoms with Crippen molar-refractivity contribution in [3.05, 3.63) is 24.0 Å². The lowest BCUT2D eigenvalue weighted by Crippen LogP contribution is -2.28. The molecule has 0 aliphatic rings. The average molecular weight is 267 g/mol. The second-order valence-electron chi connectivity index (χ2n) is 3.90. The Balaban J connectivity index is 2.29. The Kier molecular flexibility index (Phi) is 7.53. The Morgan fingerprint density at radius 2 is 2.26 bits per heavy atom. The average Bonchev–Trinajstić information content (AvgIpc) is 2.43. The summed E-state index contributed by atoms with van der Waals surface area (Å²) in [7, 11) is 1.67. The molecular weight excluding hydrogens is 246 g/mol. The first-order valence-corrected chi connectivity index (χ1v) is 6.30. The van der Waals surface area contributed by atoms with E-state index in [0.29, 0.717) is 25.4 Å². The Bertz CT molecular complexity index is 368. The first kappa shape index (κ1) is 15.4. The van der Waals surface area contributed by atoms with Crippen LogP contribution in [0.1, 0.15) is 12.6 Å². The largest absolute Gasteiger partial charge is 0.482 e. The number of ether oxygens (including phenoxy) is 2. The van der Waals surface area contributed by atoms with Crippen molar-refractivity contribution in [1.82, 2.24) is 15.6 Å². The number of likely N-dealkylation sites (N-methyl/N-ethyl adjacent to an activating group) is 1. The molecule has 0 radical (unpaired) electrons. The number of pyridine rings is 1. The summed E-state index contributed by atoms with van der Waals surface area (Å²) >= 11 is 0. The van der Waals surface area contributed by atoms with E-state index in [2.05, 4.69) is 15.6 Å². The van der Waals surface area contributed by atoms with Gasteiger partial charge in [-0.25, -0.2) is 0 Å². The molecule has 1 heterocycles. The molecule has 0 aliphatic heterocycles. The van der Waals surface area contributed by atoms with Crippen molar-refractivity contribution in [2.45, 2.75) is 13.5 Å². The molecule has 2 N–H and O–H groups in total. The van der Waals surface area contributed by atoms with E-state index in [4.69, 9.17) is 9.47 Å². The molecule has 1 aromatic heterocycles. The van der Waals surface area contributed by atoms with Crippen molar-refractivity contribution in [2.24, 2.45) is 0 Å². The minimum Gasteiger partial charge on any atom is -0.482 e. The van der Waals surface area contributed by atoms with E-state index in [0.717, 1.165) is 12.2 Å². The highest BCUT2D eigenvalue weighted by molar-refractivity contribution is 5.77. The number of nitrogens with one attached hydrogen (secondary N) is 2. The molecule has 0 aromatic carbocycles. The number of hydrogen-bond acceptors (Lipinski definition) is 5. The van der Waals surface area contributed by atoms with Crippen LogP contribution in [0.15, 0.2) is 18.3 Å². The van der Waals surface area contributed by atoms with Gasteiger partial charge in [0.1, 0.15) is 5.75 Å². The van der Waals surface area contributed by atoms with Crippen molar-refractivity contribution in [2.75, 3.05) is 33.4 Å². The standard InChI is InChI=1S/C13H21N3O3/c1-3-15-13(17)10-19-12-5-4-11(16-9-12)8-14-6-7-18-2/h4-5,9,14H,3,6-8,10H2,1-2H3,(H,15,17). The summed E-state index contributed by atoms with van der Waals surface area (Å²) in [6, 6.07) is 3.67. The highest BCUT2D eigenvalue weighted by Gasteiger charge is 2.01. The number of aromatic nitrogens is 1. The molecule has 1 amide bonds. The van der Waals surface area contributed by atoms with Crippen molar-refractivity contribution in [3.63, 3.8) is 0 Å². The maximum atomic E-state index is 11.2. The molecule has 0 spiro atoms. The van der Waals surface area contributed by atoms with Crippen molar-refractivity contribution >= 4 is 5.91 Å². The molecular formula is C13H21N3O3. The molecule has 0 atom stereocenters. The fourth-order valence-electron chi connectivity index (χ4n) is 1.39. The molecule has 6 nitrogen and oxygen atoms in total. The molecule has 0 aliphatic carbocycles. The van der Waals surface area contributed by atoms with Crippen LogP contribution in [0.5, 0.6) is 5.75 Å². The monoisotopic (exact) mass is 267 g/mol. The summed E-state index contributed by atoms with van der Waals surface area (Å²) in [5.41, 5.74) is 0.918. The van der Waals surface area contributed by atoms with Gasteiger partial charge in [-0.2, -0.15) is 0 Å². The van der Waals surface area contributed by atoms with E-state index < -0.39 is 0 Å². The van der Waals surface area contributed by atoms with E-state index in [1.165, 1.54) is 0 Å². The lowest BCUT2D eigenvalue weighted by Gasteiger charge is -2.07. The van der Waals surface area contributed by atoms with E-state index in [1.54, 1.807) is 19.4 Å². The van der Waals surface area contributed by atoms with Crippen LogP contribution >= 0.6 is 0 Å². The topological polar surface area (TPSA) is 72.5 Å². The van der Waals surface area contributed by atoms with E-state index >= 15 is 0 Å². The SMILES string of the molecule is CCNC(=O)COc1ccc(CNCCOC)nc1. The highest BCUT2D eigenvalue weighted by Crippen LogP contribution is 2.08. The van der Waals surface area contributed by atoms with Crippen LogP contribution < -0.4 is 15.4 Å². The molecule has 19 heavy (non-hydrogen) atoms. The number of methoxy groups -OCH3 is 1. The van der Waals surface area contributed by atoms with Crippen LogP contribution in [0, 0.1) is 0 Å². The zero-order valence-corrected chi connectivity index (χ0v) is 11.4. The van der Waals surface area contributed by atoms with Gasteiger partial charge in [0.05, 0.1) is 18.5 Å². The van der Waals surface area contributed by atoms with Gasteiger partial charge in [0.15, 0.2) is 6.61 Å². The lowest BCUT2D eigenvalue weighted by molar-refractivity contribution is -0.122. The summed E-state index contributed by atoms with van der Waals surface area (Å²) in [6.45, 7) is 4.62. The minimum atomic E-state index is -0.132. The first-order chi connectivity index (χ1) is 9.26. The van der Waals surface area contributed by atoms with Crippen LogP contribution in [0.2, 0.25) is 0 Å². The quantitative estimate of drug-likeness (QED) is 0.631. The molecule has 0 unspecified atom stereocenters. The number of hydrogen-bond donors (Lipinski definition) is 2. The fourth-order valence-corrected chi connectivity index (χ4v) is 1.39. The summed E-state index contributed by atoms with van der Waals surface area (Å²) < 4.78 is 10.2. The summed E-state index contributed by atoms with van der Waals surface area (Å²) in [5, 5.41) is 5.86. The van der Waals surface area contributed by atoms with Gasteiger partial charge in [0.2, 0.25) is 0 Å². The molecule has 106 valence electrons. The first-order valence-electron chi connectivity index (χ1n) is 6.30. The third-order valence-electron chi connectivity index (χ3n) is 2.33. The number of carbonyl (C=O) groups is 1. The van der Waals surface area contributed by atoms with E-state index in [-0.39, 0.29) is 12.5 Å². The zero-order valence-electron chi connectivity index (χ0n) is 11.4. The minimum absolute atomic E-state index is 0.0148. The van der Waals surface area contributed by atoms with E-state index in [9.17, 15) is 4.79 Å². The van der Waals surface area contributed by atoms with Crippen molar-refractivity contribution in [3.8, 4) is 5.75 Å². The molecule has 6 heteroatoms. The lowest BCUT2D eigenvalue weighted by atomic mass is 10.3. The summed E-state index contributed by atoms with van der Waals surface area (Å²) in [4.78, 5) is 15.4. The number of carbonyl (C=O) groups excluding carboxylic acids is 1. The van der Waals surface area contributed by atoms with Gasteiger partial charge in [-0.15, -0.1) is 0 Å². The summed E-state index contributed by atoms with van der Waals surface area (Å²) in [5.74, 6) is 0.458. The Labute approximate surface area is 113 Å². The van der Waals surface area contributed by atoms with Gasteiger partial charge >= 0.3 is 0 Å².